The van der Waals surface area contributed by atoms with Gasteiger partial charge >= 0.3 is 6.03 Å². The number of para-hydroxylation sites is 1. The molecule has 2 rings (SSSR count). The summed E-state index contributed by atoms with van der Waals surface area (Å²) in [6.45, 7) is 2.83. The van der Waals surface area contributed by atoms with Crippen molar-refractivity contribution in [2.45, 2.75) is 13.0 Å². The van der Waals surface area contributed by atoms with Crippen molar-refractivity contribution >= 4 is 11.7 Å². The van der Waals surface area contributed by atoms with Gasteiger partial charge in [0.2, 0.25) is 0 Å². The number of carbonyl (C=O) groups excluding carboxylic acids is 1. The van der Waals surface area contributed by atoms with Crippen molar-refractivity contribution in [3.05, 3.63) is 30.3 Å². The normalized spacial score (nSPS) is 21.9. The Morgan fingerprint density at radius 2 is 1.93 bits per heavy atom. The predicted molar refractivity (Wildman–Crippen MR) is 56.4 cm³/mol. The first-order chi connectivity index (χ1) is 6.70. The lowest BCUT2D eigenvalue weighted by molar-refractivity contribution is 0.221. The molecule has 0 bridgehead atoms. The van der Waals surface area contributed by atoms with Crippen LogP contribution in [0, 0.1) is 0 Å². The summed E-state index contributed by atoms with van der Waals surface area (Å²) in [7, 11) is 1.84. The second kappa shape index (κ2) is 3.33. The second-order valence-electron chi connectivity index (χ2n) is 3.69. The average molecular weight is 190 g/mol. The topological polar surface area (TPSA) is 23.6 Å². The molecule has 1 aromatic carbocycles. The third-order valence-electron chi connectivity index (χ3n) is 2.71. The minimum atomic E-state index is 0.0868. The highest BCUT2D eigenvalue weighted by Gasteiger charge is 2.32. The molecule has 1 aliphatic rings. The third-order valence-corrected chi connectivity index (χ3v) is 2.71. The molecule has 0 unspecified atom stereocenters. The molecule has 0 saturated carbocycles. The Hall–Kier alpha value is -1.51. The summed E-state index contributed by atoms with van der Waals surface area (Å²) in [6.07, 6.45) is 0. The van der Waals surface area contributed by atoms with Gasteiger partial charge in [0.25, 0.3) is 0 Å². The number of hydrogen-bond acceptors (Lipinski definition) is 1. The Balaban J connectivity index is 2.26. The fourth-order valence-electron chi connectivity index (χ4n) is 1.67. The lowest BCUT2D eigenvalue weighted by atomic mass is 10.3. The molecule has 1 atom stereocenters. The van der Waals surface area contributed by atoms with E-state index in [4.69, 9.17) is 0 Å². The van der Waals surface area contributed by atoms with Crippen molar-refractivity contribution in [1.29, 1.82) is 0 Å². The van der Waals surface area contributed by atoms with Gasteiger partial charge in [-0.05, 0) is 19.1 Å². The minimum absolute atomic E-state index is 0.0868. The lowest BCUT2D eigenvalue weighted by Crippen LogP contribution is -2.30. The molecule has 74 valence electrons. The molecule has 1 saturated heterocycles. The van der Waals surface area contributed by atoms with Crippen LogP contribution in [0.2, 0.25) is 0 Å². The fraction of sp³-hybridized carbons (Fsp3) is 0.364. The maximum atomic E-state index is 11.8. The SMILES string of the molecule is C[C@@H]1CN(c2ccccc2)C(=O)N1C. The number of anilines is 1. The molecule has 0 N–H and O–H groups in total. The van der Waals surface area contributed by atoms with E-state index >= 15 is 0 Å². The maximum Gasteiger partial charge on any atom is 0.324 e. The van der Waals surface area contributed by atoms with Gasteiger partial charge in [-0.25, -0.2) is 4.79 Å². The van der Waals surface area contributed by atoms with Crippen LogP contribution in [0.3, 0.4) is 0 Å². The number of benzene rings is 1. The van der Waals surface area contributed by atoms with Crippen molar-refractivity contribution in [3.63, 3.8) is 0 Å². The van der Waals surface area contributed by atoms with Gasteiger partial charge in [-0.2, -0.15) is 0 Å². The molecule has 1 fully saturated rings. The monoisotopic (exact) mass is 190 g/mol. The van der Waals surface area contributed by atoms with Crippen molar-refractivity contribution in [2.75, 3.05) is 18.5 Å². The molecular weight excluding hydrogens is 176 g/mol. The summed E-state index contributed by atoms with van der Waals surface area (Å²) in [5.41, 5.74) is 0.980. The van der Waals surface area contributed by atoms with Crippen molar-refractivity contribution < 1.29 is 4.79 Å². The van der Waals surface area contributed by atoms with Crippen molar-refractivity contribution in [1.82, 2.24) is 4.90 Å². The molecule has 1 aromatic rings. The van der Waals surface area contributed by atoms with Crippen LogP contribution < -0.4 is 4.90 Å². The highest BCUT2D eigenvalue weighted by molar-refractivity contribution is 5.94. The van der Waals surface area contributed by atoms with Gasteiger partial charge in [0.05, 0.1) is 0 Å². The van der Waals surface area contributed by atoms with Crippen molar-refractivity contribution in [2.24, 2.45) is 0 Å². The molecule has 0 radical (unpaired) electrons. The molecular formula is C11H14N2O. The van der Waals surface area contributed by atoms with E-state index in [1.165, 1.54) is 0 Å². The minimum Gasteiger partial charge on any atom is -0.323 e. The van der Waals surface area contributed by atoms with Gasteiger partial charge in [-0.15, -0.1) is 0 Å². The van der Waals surface area contributed by atoms with Gasteiger partial charge in [0.15, 0.2) is 0 Å². The zero-order valence-electron chi connectivity index (χ0n) is 8.47. The van der Waals surface area contributed by atoms with Crippen LogP contribution >= 0.6 is 0 Å². The number of likely N-dealkylation sites (N-methyl/N-ethyl adjacent to an activating group) is 1. The molecule has 1 heterocycles. The molecule has 3 nitrogen and oxygen atoms in total. The van der Waals surface area contributed by atoms with E-state index in [0.29, 0.717) is 6.04 Å². The van der Waals surface area contributed by atoms with Crippen LogP contribution in [0.15, 0.2) is 30.3 Å². The zero-order chi connectivity index (χ0) is 10.1. The number of hydrogen-bond donors (Lipinski definition) is 0. The smallest absolute Gasteiger partial charge is 0.323 e. The first-order valence-corrected chi connectivity index (χ1v) is 4.79. The van der Waals surface area contributed by atoms with Crippen LogP contribution in [-0.2, 0) is 0 Å². The standard InChI is InChI=1S/C11H14N2O/c1-9-8-13(11(14)12(9)2)10-6-4-3-5-7-10/h3-7,9H,8H2,1-2H3/t9-/m1/s1. The van der Waals surface area contributed by atoms with Crippen LogP contribution in [0.1, 0.15) is 6.92 Å². The number of urea groups is 1. The summed E-state index contributed by atoms with van der Waals surface area (Å²) < 4.78 is 0. The average Bonchev–Trinajstić information content (AvgIpc) is 2.47. The number of nitrogens with zero attached hydrogens (tertiary/aromatic N) is 2. The lowest BCUT2D eigenvalue weighted by Gasteiger charge is -2.15. The largest absolute Gasteiger partial charge is 0.324 e. The molecule has 0 aliphatic carbocycles. The highest BCUT2D eigenvalue weighted by Crippen LogP contribution is 2.21. The van der Waals surface area contributed by atoms with Crippen molar-refractivity contribution in [3.8, 4) is 0 Å². The summed E-state index contributed by atoms with van der Waals surface area (Å²) in [5.74, 6) is 0. The zero-order valence-corrected chi connectivity index (χ0v) is 8.47. The van der Waals surface area contributed by atoms with Gasteiger partial charge in [-0.1, -0.05) is 18.2 Å². The van der Waals surface area contributed by atoms with E-state index in [2.05, 4.69) is 6.92 Å². The van der Waals surface area contributed by atoms with Crippen LogP contribution in [0.5, 0.6) is 0 Å². The molecule has 14 heavy (non-hydrogen) atoms. The van der Waals surface area contributed by atoms with Gasteiger partial charge in [0, 0.05) is 25.3 Å². The Morgan fingerprint density at radius 3 is 2.43 bits per heavy atom. The quantitative estimate of drug-likeness (QED) is 0.664. The van der Waals surface area contributed by atoms with E-state index in [0.717, 1.165) is 12.2 Å². The van der Waals surface area contributed by atoms with E-state index in [1.54, 1.807) is 4.90 Å². The molecule has 3 heteroatoms. The van der Waals surface area contributed by atoms with Crippen LogP contribution in [0.4, 0.5) is 10.5 Å². The molecule has 2 amide bonds. The Kier molecular flexibility index (Phi) is 2.15. The third kappa shape index (κ3) is 1.35. The molecule has 0 aromatic heterocycles. The first-order valence-electron chi connectivity index (χ1n) is 4.79. The second-order valence-corrected chi connectivity index (χ2v) is 3.69. The van der Waals surface area contributed by atoms with E-state index in [9.17, 15) is 4.79 Å². The van der Waals surface area contributed by atoms with E-state index in [1.807, 2.05) is 42.3 Å². The molecule has 1 aliphatic heterocycles. The fourth-order valence-corrected chi connectivity index (χ4v) is 1.67. The van der Waals surface area contributed by atoms with E-state index < -0.39 is 0 Å². The predicted octanol–water partition coefficient (Wildman–Crippen LogP) is 1.95. The summed E-state index contributed by atoms with van der Waals surface area (Å²) in [4.78, 5) is 15.3. The van der Waals surface area contributed by atoms with Gasteiger partial charge < -0.3 is 4.90 Å². The first kappa shape index (κ1) is 9.06. The van der Waals surface area contributed by atoms with Gasteiger partial charge in [0.1, 0.15) is 0 Å². The van der Waals surface area contributed by atoms with Gasteiger partial charge in [-0.3, -0.25) is 4.90 Å². The summed E-state index contributed by atoms with van der Waals surface area (Å²) >= 11 is 0. The number of amides is 2. The van der Waals surface area contributed by atoms with Crippen LogP contribution in [-0.4, -0.2) is 30.6 Å². The summed E-state index contributed by atoms with van der Waals surface area (Å²) in [6, 6.07) is 10.2. The number of carbonyl (C=O) groups is 1. The maximum absolute atomic E-state index is 11.8. The Bertz CT molecular complexity index is 336. The number of rotatable bonds is 1. The Labute approximate surface area is 83.9 Å². The Morgan fingerprint density at radius 1 is 1.29 bits per heavy atom. The van der Waals surface area contributed by atoms with E-state index in [-0.39, 0.29) is 6.03 Å². The highest BCUT2D eigenvalue weighted by atomic mass is 16.2. The molecule has 0 spiro atoms. The van der Waals surface area contributed by atoms with Crippen LogP contribution in [0.25, 0.3) is 0 Å². The summed E-state index contributed by atoms with van der Waals surface area (Å²) in [5, 5.41) is 0.